The van der Waals surface area contributed by atoms with E-state index < -0.39 is 0 Å². The smallest absolute Gasteiger partial charge is 0.262 e. The first-order chi connectivity index (χ1) is 13.1. The van der Waals surface area contributed by atoms with E-state index in [-0.39, 0.29) is 5.56 Å². The number of aromatic nitrogens is 3. The third-order valence-corrected chi connectivity index (χ3v) is 5.52. The van der Waals surface area contributed by atoms with Crippen LogP contribution >= 0.6 is 23.4 Å². The lowest BCUT2D eigenvalue weighted by molar-refractivity contribution is 0.393. The summed E-state index contributed by atoms with van der Waals surface area (Å²) in [6.45, 7) is 2.21. The van der Waals surface area contributed by atoms with E-state index in [0.717, 1.165) is 17.0 Å². The number of hydrogen-bond acceptors (Lipinski definition) is 5. The van der Waals surface area contributed by atoms with Crippen molar-refractivity contribution in [2.75, 3.05) is 0 Å². The van der Waals surface area contributed by atoms with Crippen LogP contribution in [0.4, 0.5) is 0 Å². The Morgan fingerprint density at radius 3 is 2.70 bits per heavy atom. The van der Waals surface area contributed by atoms with Crippen molar-refractivity contribution in [2.24, 2.45) is 0 Å². The summed E-state index contributed by atoms with van der Waals surface area (Å²) in [5, 5.41) is 5.85. The van der Waals surface area contributed by atoms with E-state index >= 15 is 0 Å². The van der Waals surface area contributed by atoms with Crippen molar-refractivity contribution in [3.63, 3.8) is 0 Å². The largest absolute Gasteiger partial charge is 0.361 e. The summed E-state index contributed by atoms with van der Waals surface area (Å²) < 4.78 is 6.79. The van der Waals surface area contributed by atoms with Gasteiger partial charge in [-0.15, -0.1) is 0 Å². The average Bonchev–Trinajstić information content (AvgIpc) is 3.09. The number of nitrogens with zero attached hydrogens (tertiary/aromatic N) is 3. The lowest BCUT2D eigenvalue weighted by Gasteiger charge is -2.13. The molecule has 0 unspecified atom stereocenters. The molecule has 0 aliphatic carbocycles. The molecular weight excluding hydrogens is 382 g/mol. The van der Waals surface area contributed by atoms with E-state index in [9.17, 15) is 4.79 Å². The van der Waals surface area contributed by atoms with Gasteiger partial charge in [-0.2, -0.15) is 0 Å². The molecule has 0 aliphatic rings. The Hall–Kier alpha value is -2.57. The molecular formula is C20H16ClN3O2S. The minimum Gasteiger partial charge on any atom is -0.361 e. The van der Waals surface area contributed by atoms with Crippen LogP contribution in [0.3, 0.4) is 0 Å². The highest BCUT2D eigenvalue weighted by Gasteiger charge is 2.14. The number of benzene rings is 2. The molecule has 0 N–H and O–H groups in total. The van der Waals surface area contributed by atoms with Crippen LogP contribution in [0, 0.1) is 6.92 Å². The molecule has 0 amide bonds. The molecule has 2 aromatic carbocycles. The molecule has 7 heteroatoms. The average molecular weight is 398 g/mol. The van der Waals surface area contributed by atoms with Crippen molar-refractivity contribution in [3.05, 3.63) is 87.0 Å². The predicted octanol–water partition coefficient (Wildman–Crippen LogP) is 4.69. The first-order valence-corrected chi connectivity index (χ1v) is 9.76. The van der Waals surface area contributed by atoms with E-state index in [1.807, 2.05) is 55.5 Å². The fraction of sp³-hybridized carbons (Fsp3) is 0.150. The zero-order chi connectivity index (χ0) is 18.8. The molecule has 5 nitrogen and oxygen atoms in total. The van der Waals surface area contributed by atoms with Crippen molar-refractivity contribution in [1.29, 1.82) is 0 Å². The van der Waals surface area contributed by atoms with Gasteiger partial charge in [0, 0.05) is 16.8 Å². The molecule has 0 bridgehead atoms. The van der Waals surface area contributed by atoms with Crippen LogP contribution in [0.25, 0.3) is 10.9 Å². The highest BCUT2D eigenvalue weighted by atomic mass is 35.5. The van der Waals surface area contributed by atoms with E-state index in [1.54, 1.807) is 10.6 Å². The number of rotatable bonds is 5. The fourth-order valence-corrected chi connectivity index (χ4v) is 3.89. The van der Waals surface area contributed by atoms with E-state index in [2.05, 4.69) is 5.16 Å². The first-order valence-electron chi connectivity index (χ1n) is 8.40. The Morgan fingerprint density at radius 1 is 1.15 bits per heavy atom. The minimum atomic E-state index is -0.0839. The number of hydrogen-bond donors (Lipinski definition) is 0. The van der Waals surface area contributed by atoms with Crippen molar-refractivity contribution < 1.29 is 4.52 Å². The molecule has 0 atom stereocenters. The lowest BCUT2D eigenvalue weighted by atomic mass is 10.2. The Balaban J connectivity index is 1.77. The van der Waals surface area contributed by atoms with Gasteiger partial charge in [-0.1, -0.05) is 58.9 Å². The van der Waals surface area contributed by atoms with Crippen molar-refractivity contribution in [3.8, 4) is 0 Å². The predicted molar refractivity (Wildman–Crippen MR) is 107 cm³/mol. The second kappa shape index (κ2) is 7.58. The second-order valence-corrected chi connectivity index (χ2v) is 7.46. The quantitative estimate of drug-likeness (QED) is 0.361. The number of halogens is 1. The molecule has 0 saturated carbocycles. The molecule has 2 aromatic heterocycles. The van der Waals surface area contributed by atoms with Crippen molar-refractivity contribution >= 4 is 34.3 Å². The lowest BCUT2D eigenvalue weighted by Crippen LogP contribution is -2.24. The molecule has 2 heterocycles. The molecule has 136 valence electrons. The van der Waals surface area contributed by atoms with Gasteiger partial charge in [0.2, 0.25) is 0 Å². The van der Waals surface area contributed by atoms with Gasteiger partial charge in [0.1, 0.15) is 5.76 Å². The van der Waals surface area contributed by atoms with Crippen LogP contribution in [-0.2, 0) is 12.3 Å². The standard InChI is InChI=1S/C20H16ClN3O2S/c1-13-10-15(23-26-13)12-27-20-22-18-9-5-3-7-16(18)19(25)24(20)11-14-6-2-4-8-17(14)21/h2-10H,11-12H2,1H3. The van der Waals surface area contributed by atoms with Crippen molar-refractivity contribution in [1.82, 2.24) is 14.7 Å². The molecule has 4 aromatic rings. The first kappa shape index (κ1) is 17.8. The molecule has 0 spiro atoms. The van der Waals surface area contributed by atoms with Gasteiger partial charge in [-0.25, -0.2) is 4.98 Å². The molecule has 4 rings (SSSR count). The number of thioether (sulfide) groups is 1. The summed E-state index contributed by atoms with van der Waals surface area (Å²) in [6.07, 6.45) is 0. The summed E-state index contributed by atoms with van der Waals surface area (Å²) in [6, 6.07) is 16.8. The van der Waals surface area contributed by atoms with Crippen LogP contribution in [-0.4, -0.2) is 14.7 Å². The van der Waals surface area contributed by atoms with Gasteiger partial charge < -0.3 is 4.52 Å². The van der Waals surface area contributed by atoms with Gasteiger partial charge in [0.25, 0.3) is 5.56 Å². The topological polar surface area (TPSA) is 60.9 Å². The molecule has 0 saturated heterocycles. The molecule has 27 heavy (non-hydrogen) atoms. The SMILES string of the molecule is Cc1cc(CSc2nc3ccccc3c(=O)n2Cc2ccccc2Cl)no1. The van der Waals surface area contributed by atoms with Gasteiger partial charge in [-0.05, 0) is 30.7 Å². The summed E-state index contributed by atoms with van der Waals surface area (Å²) >= 11 is 7.76. The summed E-state index contributed by atoms with van der Waals surface area (Å²) in [5.41, 5.74) is 2.28. The Morgan fingerprint density at radius 2 is 1.93 bits per heavy atom. The van der Waals surface area contributed by atoms with Crippen LogP contribution in [0.5, 0.6) is 0 Å². The van der Waals surface area contributed by atoms with Gasteiger partial charge in [-0.3, -0.25) is 9.36 Å². The zero-order valence-corrected chi connectivity index (χ0v) is 16.1. The van der Waals surface area contributed by atoms with Gasteiger partial charge in [0.05, 0.1) is 23.1 Å². The summed E-state index contributed by atoms with van der Waals surface area (Å²) in [4.78, 5) is 17.8. The molecule has 0 fully saturated rings. The maximum atomic E-state index is 13.1. The summed E-state index contributed by atoms with van der Waals surface area (Å²) in [7, 11) is 0. The highest BCUT2D eigenvalue weighted by molar-refractivity contribution is 7.98. The van der Waals surface area contributed by atoms with Crippen LogP contribution in [0.2, 0.25) is 5.02 Å². The monoisotopic (exact) mass is 397 g/mol. The number of fused-ring (bicyclic) bond motifs is 1. The normalized spacial score (nSPS) is 11.2. The van der Waals surface area contributed by atoms with Gasteiger partial charge >= 0.3 is 0 Å². The second-order valence-electron chi connectivity index (χ2n) is 6.11. The Kier molecular flexibility index (Phi) is 5.01. The maximum Gasteiger partial charge on any atom is 0.262 e. The van der Waals surface area contributed by atoms with Crippen LogP contribution < -0.4 is 5.56 Å². The number of aryl methyl sites for hydroxylation is 1. The Bertz CT molecular complexity index is 1170. The molecule has 0 aliphatic heterocycles. The minimum absolute atomic E-state index is 0.0839. The zero-order valence-electron chi connectivity index (χ0n) is 14.6. The van der Waals surface area contributed by atoms with Crippen molar-refractivity contribution in [2.45, 2.75) is 24.4 Å². The number of para-hydroxylation sites is 1. The van der Waals surface area contributed by atoms with Crippen LogP contribution in [0.15, 0.2) is 69.1 Å². The maximum absolute atomic E-state index is 13.1. The van der Waals surface area contributed by atoms with Crippen LogP contribution in [0.1, 0.15) is 17.0 Å². The third-order valence-electron chi connectivity index (χ3n) is 4.14. The third kappa shape index (κ3) is 3.77. The van der Waals surface area contributed by atoms with E-state index in [0.29, 0.717) is 33.4 Å². The summed E-state index contributed by atoms with van der Waals surface area (Å²) in [5.74, 6) is 1.32. The van der Waals surface area contributed by atoms with E-state index in [4.69, 9.17) is 21.1 Å². The van der Waals surface area contributed by atoms with E-state index in [1.165, 1.54) is 11.8 Å². The Labute approximate surface area is 165 Å². The molecule has 0 radical (unpaired) electrons. The van der Waals surface area contributed by atoms with Gasteiger partial charge in [0.15, 0.2) is 5.16 Å². The highest BCUT2D eigenvalue weighted by Crippen LogP contribution is 2.24. The fourth-order valence-electron chi connectivity index (χ4n) is 2.82.